The number of nitrogens with one attached hydrogen (secondary N) is 1. The summed E-state index contributed by atoms with van der Waals surface area (Å²) in [5.41, 5.74) is 0.225. The number of aromatic amines is 1. The molecular weight excluding hydrogens is 302 g/mol. The highest BCUT2D eigenvalue weighted by atomic mass is 35.7. The Balaban J connectivity index is 3.33. The van der Waals surface area contributed by atoms with Gasteiger partial charge in [0, 0.05) is 23.3 Å². The average Bonchev–Trinajstić information content (AvgIpc) is 2.82. The number of carbonyl (C=O) groups excluding carboxylic acids is 1. The first-order valence-electron chi connectivity index (χ1n) is 6.60. The molecule has 1 rings (SSSR count). The summed E-state index contributed by atoms with van der Waals surface area (Å²) in [5, 5.41) is 6.45. The van der Waals surface area contributed by atoms with Crippen molar-refractivity contribution in [2.24, 2.45) is 0 Å². The van der Waals surface area contributed by atoms with Crippen molar-refractivity contribution >= 4 is 25.6 Å². The van der Waals surface area contributed by atoms with Gasteiger partial charge < -0.3 is 4.90 Å². The van der Waals surface area contributed by atoms with Crippen LogP contribution in [0.1, 0.15) is 50.3 Å². The molecule has 20 heavy (non-hydrogen) atoms. The number of H-pyrrole nitrogens is 1. The van der Waals surface area contributed by atoms with Gasteiger partial charge in [-0.3, -0.25) is 9.89 Å². The third-order valence-electron chi connectivity index (χ3n) is 3.32. The van der Waals surface area contributed by atoms with Crippen LogP contribution < -0.4 is 0 Å². The summed E-state index contributed by atoms with van der Waals surface area (Å²) >= 11 is 0. The third-order valence-corrected chi connectivity index (χ3v) is 4.71. The van der Waals surface area contributed by atoms with Gasteiger partial charge in [-0.1, -0.05) is 13.8 Å². The molecule has 0 aliphatic carbocycles. The number of halogens is 1. The van der Waals surface area contributed by atoms with Crippen molar-refractivity contribution in [1.82, 2.24) is 15.1 Å². The lowest BCUT2D eigenvalue weighted by molar-refractivity contribution is 0.0690. The molecule has 1 heterocycles. The zero-order chi connectivity index (χ0) is 15.5. The van der Waals surface area contributed by atoms with E-state index in [1.807, 2.05) is 20.8 Å². The van der Waals surface area contributed by atoms with Crippen LogP contribution in [0.4, 0.5) is 0 Å². The molecule has 0 radical (unpaired) electrons. The van der Waals surface area contributed by atoms with E-state index in [9.17, 15) is 13.2 Å². The number of aryl methyl sites for hydroxylation is 1. The van der Waals surface area contributed by atoms with Crippen LogP contribution in [0.2, 0.25) is 0 Å². The van der Waals surface area contributed by atoms with Crippen LogP contribution in [0.5, 0.6) is 0 Å². The number of amides is 1. The zero-order valence-corrected chi connectivity index (χ0v) is 13.7. The highest BCUT2D eigenvalue weighted by molar-refractivity contribution is 8.13. The van der Waals surface area contributed by atoms with Gasteiger partial charge in [0.05, 0.1) is 5.69 Å². The first kappa shape index (κ1) is 17.0. The zero-order valence-electron chi connectivity index (χ0n) is 12.1. The largest absolute Gasteiger partial charge is 0.335 e. The van der Waals surface area contributed by atoms with Crippen molar-refractivity contribution in [3.63, 3.8) is 0 Å². The second-order valence-corrected chi connectivity index (χ2v) is 7.02. The predicted octanol–water partition coefficient (Wildman–Crippen LogP) is 2.16. The number of aromatic nitrogens is 2. The van der Waals surface area contributed by atoms with Crippen molar-refractivity contribution in [3.05, 3.63) is 11.4 Å². The lowest BCUT2D eigenvalue weighted by Crippen LogP contribution is -2.38. The Morgan fingerprint density at radius 2 is 2.00 bits per heavy atom. The first-order valence-corrected chi connectivity index (χ1v) is 8.91. The quantitative estimate of drug-likeness (QED) is 0.814. The molecule has 0 aliphatic heterocycles. The Labute approximate surface area is 123 Å². The summed E-state index contributed by atoms with van der Waals surface area (Å²) in [6.45, 7) is 7.95. The predicted molar refractivity (Wildman–Crippen MR) is 77.5 cm³/mol. The van der Waals surface area contributed by atoms with Gasteiger partial charge >= 0.3 is 0 Å². The molecule has 0 aliphatic rings. The van der Waals surface area contributed by atoms with Crippen molar-refractivity contribution in [3.8, 4) is 0 Å². The summed E-state index contributed by atoms with van der Waals surface area (Å²) in [7, 11) is 1.41. The van der Waals surface area contributed by atoms with Gasteiger partial charge in [0.1, 0.15) is 4.90 Å². The lowest BCUT2D eigenvalue weighted by atomic mass is 10.2. The molecule has 0 aromatic carbocycles. The molecule has 0 saturated carbocycles. The van der Waals surface area contributed by atoms with Gasteiger partial charge in [-0.25, -0.2) is 8.42 Å². The number of carbonyl (C=O) groups is 1. The lowest BCUT2D eigenvalue weighted by Gasteiger charge is -2.26. The minimum absolute atomic E-state index is 0.000145. The Kier molecular flexibility index (Phi) is 5.59. The van der Waals surface area contributed by atoms with E-state index in [4.69, 9.17) is 10.7 Å². The monoisotopic (exact) mass is 321 g/mol. The van der Waals surface area contributed by atoms with Crippen LogP contribution in [-0.2, 0) is 15.5 Å². The smallest absolute Gasteiger partial charge is 0.276 e. The van der Waals surface area contributed by atoms with Crippen LogP contribution in [0.25, 0.3) is 0 Å². The fraction of sp³-hybridized carbons (Fsp3) is 0.667. The fourth-order valence-corrected chi connectivity index (χ4v) is 3.37. The molecular formula is C12H20ClN3O3S. The van der Waals surface area contributed by atoms with Gasteiger partial charge in [0.2, 0.25) is 0 Å². The van der Waals surface area contributed by atoms with Gasteiger partial charge in [0.15, 0.2) is 5.69 Å². The van der Waals surface area contributed by atoms with Crippen LogP contribution in [-0.4, -0.2) is 42.0 Å². The summed E-state index contributed by atoms with van der Waals surface area (Å²) in [6.07, 6.45) is 1.17. The Morgan fingerprint density at radius 1 is 1.40 bits per heavy atom. The van der Waals surface area contributed by atoms with E-state index in [0.717, 1.165) is 6.42 Å². The Bertz CT molecular complexity index is 583. The van der Waals surface area contributed by atoms with Gasteiger partial charge in [-0.15, -0.1) is 0 Å². The number of hydrogen-bond donors (Lipinski definition) is 1. The highest BCUT2D eigenvalue weighted by Gasteiger charge is 2.31. The van der Waals surface area contributed by atoms with Crippen LogP contribution in [0.3, 0.4) is 0 Å². The molecule has 6 nitrogen and oxygen atoms in total. The van der Waals surface area contributed by atoms with Gasteiger partial charge in [-0.2, -0.15) is 5.10 Å². The maximum atomic E-state index is 12.5. The van der Waals surface area contributed by atoms with Crippen molar-refractivity contribution in [1.29, 1.82) is 0 Å². The summed E-state index contributed by atoms with van der Waals surface area (Å²) < 4.78 is 23.4. The van der Waals surface area contributed by atoms with E-state index in [-0.39, 0.29) is 16.6 Å². The molecule has 0 spiro atoms. The SMILES string of the molecule is CCc1[nH]nc(C(=O)N(CC)C(C)CC)c1S(=O)(=O)Cl. The maximum Gasteiger partial charge on any atom is 0.276 e. The first-order chi connectivity index (χ1) is 9.27. The number of rotatable bonds is 6. The Morgan fingerprint density at radius 3 is 2.40 bits per heavy atom. The Hall–Kier alpha value is -1.08. The summed E-state index contributed by atoms with van der Waals surface area (Å²) in [6, 6.07) is 0.000145. The van der Waals surface area contributed by atoms with Crippen LogP contribution in [0.15, 0.2) is 4.90 Å². The molecule has 8 heteroatoms. The number of hydrogen-bond acceptors (Lipinski definition) is 4. The molecule has 1 atom stereocenters. The highest BCUT2D eigenvalue weighted by Crippen LogP contribution is 2.24. The van der Waals surface area contributed by atoms with Crippen molar-refractivity contribution in [2.45, 2.75) is 51.5 Å². The molecule has 1 unspecified atom stereocenters. The second kappa shape index (κ2) is 6.58. The minimum Gasteiger partial charge on any atom is -0.335 e. The van der Waals surface area contributed by atoms with Crippen LogP contribution >= 0.6 is 10.7 Å². The molecule has 114 valence electrons. The van der Waals surface area contributed by atoms with Gasteiger partial charge in [-0.05, 0) is 26.7 Å². The molecule has 1 aromatic heterocycles. The molecule has 1 aromatic rings. The van der Waals surface area contributed by atoms with Crippen LogP contribution in [0, 0.1) is 0 Å². The minimum atomic E-state index is -4.02. The molecule has 0 fully saturated rings. The van der Waals surface area contributed by atoms with E-state index in [0.29, 0.717) is 18.7 Å². The van der Waals surface area contributed by atoms with E-state index in [2.05, 4.69) is 10.2 Å². The topological polar surface area (TPSA) is 83.1 Å². The van der Waals surface area contributed by atoms with Crippen molar-refractivity contribution in [2.75, 3.05) is 6.54 Å². The maximum absolute atomic E-state index is 12.5. The third kappa shape index (κ3) is 3.32. The normalized spacial score (nSPS) is 13.2. The average molecular weight is 322 g/mol. The molecule has 1 N–H and O–H groups in total. The van der Waals surface area contributed by atoms with Crippen molar-refractivity contribution < 1.29 is 13.2 Å². The fourth-order valence-electron chi connectivity index (χ4n) is 2.03. The van der Waals surface area contributed by atoms with E-state index in [1.54, 1.807) is 11.8 Å². The summed E-state index contributed by atoms with van der Waals surface area (Å²) in [5.74, 6) is -0.419. The molecule has 0 saturated heterocycles. The van der Waals surface area contributed by atoms with E-state index < -0.39 is 15.0 Å². The van der Waals surface area contributed by atoms with Gasteiger partial charge in [0.25, 0.3) is 15.0 Å². The summed E-state index contributed by atoms with van der Waals surface area (Å²) in [4.78, 5) is 13.9. The molecule has 1 amide bonds. The standard InChI is InChI=1S/C12H20ClN3O3S/c1-5-8(4)16(7-3)12(17)10-11(20(13,18)19)9(6-2)14-15-10/h8H,5-7H2,1-4H3,(H,14,15). The van der Waals surface area contributed by atoms with E-state index in [1.165, 1.54) is 0 Å². The number of nitrogens with zero attached hydrogens (tertiary/aromatic N) is 2. The molecule has 0 bridgehead atoms. The second-order valence-electron chi connectivity index (χ2n) is 4.52. The van der Waals surface area contributed by atoms with E-state index >= 15 is 0 Å².